The van der Waals surface area contributed by atoms with Gasteiger partial charge in [-0.2, -0.15) is 0 Å². The maximum absolute atomic E-state index is 12.5. The number of nitrogens with one attached hydrogen (secondary N) is 2. The van der Waals surface area contributed by atoms with Crippen LogP contribution in [0.2, 0.25) is 5.02 Å². The van der Waals surface area contributed by atoms with Gasteiger partial charge in [0, 0.05) is 18.7 Å². The molecule has 0 aromatic heterocycles. The molecule has 174 valence electrons. The van der Waals surface area contributed by atoms with E-state index in [9.17, 15) is 13.2 Å². The maximum Gasteiger partial charge on any atom is 0.262 e. The molecule has 0 saturated heterocycles. The Bertz CT molecular complexity index is 1200. The number of hydrogen-bond acceptors (Lipinski definition) is 6. The highest BCUT2D eigenvalue weighted by molar-refractivity contribution is 7.89. The zero-order valence-electron chi connectivity index (χ0n) is 18.0. The second-order valence-corrected chi connectivity index (χ2v) is 8.98. The lowest BCUT2D eigenvalue weighted by Gasteiger charge is -2.13. The topological polar surface area (TPSA) is 103 Å². The number of anilines is 1. The number of halogens is 1. The molecule has 0 saturated carbocycles. The molecular formula is C23H23ClN2O6S. The number of hydrogen-bond donors (Lipinski definition) is 2. The van der Waals surface area contributed by atoms with Gasteiger partial charge >= 0.3 is 0 Å². The fraction of sp³-hybridized carbons (Fsp3) is 0.174. The van der Waals surface area contributed by atoms with E-state index in [2.05, 4.69) is 10.0 Å². The van der Waals surface area contributed by atoms with Crippen molar-refractivity contribution in [2.45, 2.75) is 11.4 Å². The van der Waals surface area contributed by atoms with Gasteiger partial charge in [-0.1, -0.05) is 41.9 Å². The smallest absolute Gasteiger partial charge is 0.262 e. The SMILES string of the molecule is COc1cc(NC(=O)COc2ccc(S(=O)(=O)NCc3ccccc3)cc2)c(OC)cc1Cl. The summed E-state index contributed by atoms with van der Waals surface area (Å²) in [6, 6.07) is 18.1. The minimum absolute atomic E-state index is 0.0910. The van der Waals surface area contributed by atoms with Crippen molar-refractivity contribution in [3.8, 4) is 17.2 Å². The molecule has 3 aromatic rings. The highest BCUT2D eigenvalue weighted by atomic mass is 35.5. The highest BCUT2D eigenvalue weighted by Crippen LogP contribution is 2.35. The third-order valence-electron chi connectivity index (χ3n) is 4.56. The Morgan fingerprint density at radius 1 is 0.939 bits per heavy atom. The van der Waals surface area contributed by atoms with Gasteiger partial charge in [-0.15, -0.1) is 0 Å². The minimum Gasteiger partial charge on any atom is -0.495 e. The van der Waals surface area contributed by atoms with Gasteiger partial charge in [0.15, 0.2) is 6.61 Å². The fourth-order valence-corrected chi connectivity index (χ4v) is 4.11. The summed E-state index contributed by atoms with van der Waals surface area (Å²) in [5.41, 5.74) is 1.22. The summed E-state index contributed by atoms with van der Waals surface area (Å²) in [6.07, 6.45) is 0. The molecule has 8 nitrogen and oxygen atoms in total. The Morgan fingerprint density at radius 2 is 1.61 bits per heavy atom. The molecule has 0 unspecified atom stereocenters. The minimum atomic E-state index is -3.69. The van der Waals surface area contributed by atoms with Gasteiger partial charge in [-0.25, -0.2) is 13.1 Å². The fourth-order valence-electron chi connectivity index (χ4n) is 2.87. The summed E-state index contributed by atoms with van der Waals surface area (Å²) in [6.45, 7) is -0.118. The van der Waals surface area contributed by atoms with Crippen molar-refractivity contribution in [1.82, 2.24) is 4.72 Å². The second kappa shape index (κ2) is 11.0. The van der Waals surface area contributed by atoms with E-state index >= 15 is 0 Å². The van der Waals surface area contributed by atoms with Crippen molar-refractivity contribution in [2.24, 2.45) is 0 Å². The van der Waals surface area contributed by atoms with E-state index in [1.807, 2.05) is 30.3 Å². The van der Waals surface area contributed by atoms with Gasteiger partial charge in [0.25, 0.3) is 5.91 Å². The van der Waals surface area contributed by atoms with E-state index < -0.39 is 15.9 Å². The number of rotatable bonds is 10. The van der Waals surface area contributed by atoms with Crippen molar-refractivity contribution in [3.05, 3.63) is 77.3 Å². The molecule has 0 heterocycles. The quantitative estimate of drug-likeness (QED) is 0.447. The van der Waals surface area contributed by atoms with Crippen LogP contribution in [0, 0.1) is 0 Å². The molecule has 0 radical (unpaired) electrons. The van der Waals surface area contributed by atoms with Gasteiger partial charge < -0.3 is 19.5 Å². The van der Waals surface area contributed by atoms with Gasteiger partial charge in [0.2, 0.25) is 10.0 Å². The molecule has 3 aromatic carbocycles. The molecule has 1 amide bonds. The van der Waals surface area contributed by atoms with Gasteiger partial charge in [-0.3, -0.25) is 4.79 Å². The molecule has 33 heavy (non-hydrogen) atoms. The van der Waals surface area contributed by atoms with E-state index in [0.717, 1.165) is 5.56 Å². The van der Waals surface area contributed by atoms with Crippen LogP contribution in [0.1, 0.15) is 5.56 Å². The Balaban J connectivity index is 1.57. The van der Waals surface area contributed by atoms with Crippen molar-refractivity contribution in [3.63, 3.8) is 0 Å². The van der Waals surface area contributed by atoms with Crippen LogP contribution in [0.25, 0.3) is 0 Å². The van der Waals surface area contributed by atoms with E-state index in [1.54, 1.807) is 6.07 Å². The Morgan fingerprint density at radius 3 is 2.24 bits per heavy atom. The van der Waals surface area contributed by atoms with E-state index in [1.165, 1.54) is 44.6 Å². The number of benzene rings is 3. The van der Waals surface area contributed by atoms with Crippen molar-refractivity contribution in [1.29, 1.82) is 0 Å². The standard InChI is InChI=1S/C23H23ClN2O6S/c1-30-21-13-20(22(31-2)12-19(21)24)26-23(27)15-32-17-8-10-18(11-9-17)33(28,29)25-14-16-6-4-3-5-7-16/h3-13,25H,14-15H2,1-2H3,(H,26,27). The van der Waals surface area contributed by atoms with Crippen LogP contribution in [0.5, 0.6) is 17.2 Å². The first-order valence-electron chi connectivity index (χ1n) is 9.80. The van der Waals surface area contributed by atoms with Crippen molar-refractivity contribution < 1.29 is 27.4 Å². The van der Waals surface area contributed by atoms with Crippen LogP contribution in [-0.4, -0.2) is 35.2 Å². The predicted octanol–water partition coefficient (Wildman–Crippen LogP) is 3.85. The van der Waals surface area contributed by atoms with Crippen LogP contribution in [-0.2, 0) is 21.4 Å². The van der Waals surface area contributed by atoms with Gasteiger partial charge in [0.1, 0.15) is 17.2 Å². The summed E-state index contributed by atoms with van der Waals surface area (Å²) in [7, 11) is -0.772. The highest BCUT2D eigenvalue weighted by Gasteiger charge is 2.15. The molecule has 10 heteroatoms. The van der Waals surface area contributed by atoms with Crippen molar-refractivity contribution in [2.75, 3.05) is 26.1 Å². The van der Waals surface area contributed by atoms with Crippen LogP contribution < -0.4 is 24.2 Å². The molecule has 0 spiro atoms. The summed E-state index contributed by atoms with van der Waals surface area (Å²) >= 11 is 6.06. The summed E-state index contributed by atoms with van der Waals surface area (Å²) in [4.78, 5) is 12.4. The van der Waals surface area contributed by atoms with E-state index in [-0.39, 0.29) is 18.0 Å². The molecular weight excluding hydrogens is 468 g/mol. The molecule has 0 aliphatic heterocycles. The molecule has 0 bridgehead atoms. The molecule has 0 fully saturated rings. The Kier molecular flexibility index (Phi) is 8.16. The molecule has 0 aliphatic carbocycles. The summed E-state index contributed by atoms with van der Waals surface area (Å²) in [5.74, 6) is 0.643. The third-order valence-corrected chi connectivity index (χ3v) is 6.27. The van der Waals surface area contributed by atoms with Crippen LogP contribution in [0.3, 0.4) is 0 Å². The number of ether oxygens (including phenoxy) is 3. The molecule has 3 rings (SSSR count). The molecule has 2 N–H and O–H groups in total. The maximum atomic E-state index is 12.5. The van der Waals surface area contributed by atoms with Crippen LogP contribution in [0.4, 0.5) is 5.69 Å². The average Bonchev–Trinajstić information content (AvgIpc) is 2.83. The zero-order chi connectivity index (χ0) is 23.8. The monoisotopic (exact) mass is 490 g/mol. The number of methoxy groups -OCH3 is 2. The first-order valence-corrected chi connectivity index (χ1v) is 11.7. The summed E-state index contributed by atoms with van der Waals surface area (Å²) in [5, 5.41) is 3.01. The van der Waals surface area contributed by atoms with Gasteiger partial charge in [-0.05, 0) is 29.8 Å². The van der Waals surface area contributed by atoms with E-state index in [4.69, 9.17) is 25.8 Å². The van der Waals surface area contributed by atoms with Crippen molar-refractivity contribution >= 4 is 33.2 Å². The Labute approximate surface area is 197 Å². The number of sulfonamides is 1. The zero-order valence-corrected chi connectivity index (χ0v) is 19.6. The largest absolute Gasteiger partial charge is 0.495 e. The summed E-state index contributed by atoms with van der Waals surface area (Å²) < 4.78 is 43.3. The Hall–Kier alpha value is -3.27. The normalized spacial score (nSPS) is 11.0. The molecule has 0 aliphatic rings. The number of carbonyl (C=O) groups excluding carboxylic acids is 1. The number of carbonyl (C=O) groups is 1. The lowest BCUT2D eigenvalue weighted by molar-refractivity contribution is -0.118. The lowest BCUT2D eigenvalue weighted by atomic mass is 10.2. The van der Waals surface area contributed by atoms with Crippen LogP contribution >= 0.6 is 11.6 Å². The predicted molar refractivity (Wildman–Crippen MR) is 126 cm³/mol. The average molecular weight is 491 g/mol. The second-order valence-electron chi connectivity index (χ2n) is 6.81. The first-order chi connectivity index (χ1) is 15.8. The first kappa shape index (κ1) is 24.4. The molecule has 0 atom stereocenters. The van der Waals surface area contributed by atoms with Gasteiger partial charge in [0.05, 0.1) is 29.8 Å². The lowest BCUT2D eigenvalue weighted by Crippen LogP contribution is -2.23. The van der Waals surface area contributed by atoms with E-state index in [0.29, 0.717) is 28.0 Å². The van der Waals surface area contributed by atoms with Crippen LogP contribution in [0.15, 0.2) is 71.6 Å². The third kappa shape index (κ3) is 6.61. The number of amides is 1.